The Kier molecular flexibility index (Phi) is 6.04. The molecular formula is C22H31N3O4. The second kappa shape index (κ2) is 8.69. The highest BCUT2D eigenvalue weighted by Gasteiger charge is 2.54. The molecule has 7 heteroatoms. The van der Waals surface area contributed by atoms with E-state index in [1.807, 2.05) is 0 Å². The normalized spacial score (nSPS) is 29.5. The monoisotopic (exact) mass is 401 g/mol. The van der Waals surface area contributed by atoms with Crippen LogP contribution in [0.2, 0.25) is 0 Å². The van der Waals surface area contributed by atoms with Crippen LogP contribution in [-0.2, 0) is 14.3 Å². The van der Waals surface area contributed by atoms with E-state index in [1.54, 1.807) is 25.4 Å². The van der Waals surface area contributed by atoms with E-state index in [2.05, 4.69) is 15.6 Å². The zero-order valence-corrected chi connectivity index (χ0v) is 17.1. The van der Waals surface area contributed by atoms with Crippen molar-refractivity contribution in [3.8, 4) is 5.88 Å². The summed E-state index contributed by atoms with van der Waals surface area (Å²) in [5.41, 5.74) is 0.359. The Morgan fingerprint density at radius 3 is 2.48 bits per heavy atom. The Bertz CT molecular complexity index is 716. The van der Waals surface area contributed by atoms with E-state index in [4.69, 9.17) is 9.47 Å². The van der Waals surface area contributed by atoms with Crippen molar-refractivity contribution in [1.82, 2.24) is 10.3 Å². The molecular weight excluding hydrogens is 370 g/mol. The number of methoxy groups -OCH3 is 1. The molecule has 0 unspecified atom stereocenters. The molecule has 7 nitrogen and oxygen atoms in total. The minimum atomic E-state index is -0.170. The van der Waals surface area contributed by atoms with Gasteiger partial charge in [0.15, 0.2) is 0 Å². The lowest BCUT2D eigenvalue weighted by Gasteiger charge is -2.55. The van der Waals surface area contributed by atoms with E-state index >= 15 is 0 Å². The van der Waals surface area contributed by atoms with Gasteiger partial charge in [-0.2, -0.15) is 0 Å². The van der Waals surface area contributed by atoms with Crippen molar-refractivity contribution < 1.29 is 19.1 Å². The van der Waals surface area contributed by atoms with Gasteiger partial charge in [0.05, 0.1) is 6.61 Å². The largest absolute Gasteiger partial charge is 0.474 e. The number of rotatable bonds is 9. The van der Waals surface area contributed by atoms with Crippen LogP contribution in [0.4, 0.5) is 5.69 Å². The summed E-state index contributed by atoms with van der Waals surface area (Å²) in [4.78, 5) is 29.5. The van der Waals surface area contributed by atoms with Gasteiger partial charge in [-0.25, -0.2) is 4.98 Å². The summed E-state index contributed by atoms with van der Waals surface area (Å²) in [5, 5.41) is 5.88. The molecule has 4 aliphatic carbocycles. The first-order valence-electron chi connectivity index (χ1n) is 10.7. The number of nitrogens with one attached hydrogen (secondary N) is 2. The van der Waals surface area contributed by atoms with Crippen molar-refractivity contribution in [3.63, 3.8) is 0 Å². The van der Waals surface area contributed by atoms with Crippen LogP contribution >= 0.6 is 0 Å². The van der Waals surface area contributed by atoms with Gasteiger partial charge in [0.1, 0.15) is 12.3 Å². The molecule has 4 fully saturated rings. The predicted molar refractivity (Wildman–Crippen MR) is 108 cm³/mol. The number of hydrogen-bond acceptors (Lipinski definition) is 5. The molecule has 0 spiro atoms. The van der Waals surface area contributed by atoms with E-state index < -0.39 is 0 Å². The summed E-state index contributed by atoms with van der Waals surface area (Å²) < 4.78 is 10.5. The molecule has 1 aromatic rings. The van der Waals surface area contributed by atoms with Gasteiger partial charge >= 0.3 is 0 Å². The highest BCUT2D eigenvalue weighted by molar-refractivity contribution is 5.92. The molecule has 5 rings (SSSR count). The molecule has 158 valence electrons. The summed E-state index contributed by atoms with van der Waals surface area (Å²) >= 11 is 0. The van der Waals surface area contributed by atoms with Gasteiger partial charge in [-0.15, -0.1) is 0 Å². The smallest absolute Gasteiger partial charge is 0.237 e. The quantitative estimate of drug-likeness (QED) is 0.621. The fraction of sp³-hybridized carbons (Fsp3) is 0.682. The molecule has 0 radical (unpaired) electrons. The van der Waals surface area contributed by atoms with E-state index in [0.717, 1.165) is 37.0 Å². The third kappa shape index (κ3) is 4.55. The van der Waals surface area contributed by atoms with Crippen LogP contribution in [0.15, 0.2) is 18.3 Å². The van der Waals surface area contributed by atoms with Crippen LogP contribution in [-0.4, -0.2) is 43.7 Å². The van der Waals surface area contributed by atoms with Gasteiger partial charge < -0.3 is 20.1 Å². The predicted octanol–water partition coefficient (Wildman–Crippen LogP) is 2.77. The second-order valence-electron chi connectivity index (χ2n) is 8.95. The maximum absolute atomic E-state index is 13.0. The fourth-order valence-electron chi connectivity index (χ4n) is 5.90. The number of anilines is 1. The van der Waals surface area contributed by atoms with E-state index in [-0.39, 0.29) is 23.7 Å². The highest BCUT2D eigenvalue weighted by Crippen LogP contribution is 2.60. The molecule has 0 aliphatic heterocycles. The van der Waals surface area contributed by atoms with Crippen molar-refractivity contribution >= 4 is 17.5 Å². The van der Waals surface area contributed by atoms with Crippen LogP contribution < -0.4 is 15.4 Å². The summed E-state index contributed by atoms with van der Waals surface area (Å²) in [6.07, 6.45) is 8.89. The van der Waals surface area contributed by atoms with Gasteiger partial charge in [-0.3, -0.25) is 9.59 Å². The Balaban J connectivity index is 1.25. The number of ether oxygens (including phenoxy) is 2. The van der Waals surface area contributed by atoms with Crippen LogP contribution in [0, 0.1) is 23.2 Å². The molecule has 4 saturated carbocycles. The molecule has 2 N–H and O–H groups in total. The van der Waals surface area contributed by atoms with Crippen LogP contribution in [0.1, 0.15) is 44.9 Å². The van der Waals surface area contributed by atoms with Crippen molar-refractivity contribution in [2.24, 2.45) is 23.2 Å². The molecule has 1 heterocycles. The Morgan fingerprint density at radius 1 is 1.14 bits per heavy atom. The number of pyridine rings is 1. The number of aromatic nitrogens is 1. The van der Waals surface area contributed by atoms with Gasteiger partial charge in [-0.1, -0.05) is 0 Å². The van der Waals surface area contributed by atoms with Crippen LogP contribution in [0.5, 0.6) is 5.88 Å². The summed E-state index contributed by atoms with van der Waals surface area (Å²) in [5.74, 6) is 2.57. The first-order valence-corrected chi connectivity index (χ1v) is 10.7. The number of carbonyl (C=O) groups excluding carboxylic acids is 2. The third-order valence-electron chi connectivity index (χ3n) is 6.73. The summed E-state index contributed by atoms with van der Waals surface area (Å²) in [7, 11) is 1.60. The lowest BCUT2D eigenvalue weighted by molar-refractivity contribution is -0.146. The van der Waals surface area contributed by atoms with Crippen LogP contribution in [0.25, 0.3) is 0 Å². The van der Waals surface area contributed by atoms with E-state index in [1.165, 1.54) is 19.3 Å². The van der Waals surface area contributed by atoms with Crippen molar-refractivity contribution in [2.75, 3.05) is 32.2 Å². The van der Waals surface area contributed by atoms with Crippen LogP contribution in [0.3, 0.4) is 0 Å². The number of nitrogens with zero attached hydrogens (tertiary/aromatic N) is 1. The number of carbonyl (C=O) groups is 2. The van der Waals surface area contributed by atoms with Gasteiger partial charge in [-0.05, 0) is 68.4 Å². The summed E-state index contributed by atoms with van der Waals surface area (Å²) in [6.45, 7) is 1.16. The first-order chi connectivity index (χ1) is 14.1. The Labute approximate surface area is 171 Å². The Hall–Kier alpha value is -2.15. The number of hydrogen-bond donors (Lipinski definition) is 2. The molecule has 1 aromatic heterocycles. The zero-order chi connectivity index (χ0) is 20.3. The van der Waals surface area contributed by atoms with Gasteiger partial charge in [0.2, 0.25) is 17.7 Å². The van der Waals surface area contributed by atoms with E-state index in [9.17, 15) is 9.59 Å². The average Bonchev–Trinajstić information content (AvgIpc) is 2.68. The molecule has 0 aromatic carbocycles. The standard InChI is InChI=1S/C22H31N3O4/c1-28-7-8-29-20-18(3-2-5-23-20)25-19(26)4-6-24-21(27)22-12-15-9-16(13-22)11-17(10-15)14-22/h2-3,5,15-17H,4,6-14H2,1H3,(H,24,27)(H,25,26). The molecule has 2 amide bonds. The lowest BCUT2D eigenvalue weighted by Crippen LogP contribution is -2.53. The number of amides is 2. The molecule has 4 bridgehead atoms. The fourth-order valence-corrected chi connectivity index (χ4v) is 5.90. The van der Waals surface area contributed by atoms with Crippen molar-refractivity contribution in [1.29, 1.82) is 0 Å². The van der Waals surface area contributed by atoms with Gasteiger partial charge in [0.25, 0.3) is 0 Å². The lowest BCUT2D eigenvalue weighted by atomic mass is 9.49. The maximum atomic E-state index is 13.0. The summed E-state index contributed by atoms with van der Waals surface area (Å²) in [6, 6.07) is 3.49. The maximum Gasteiger partial charge on any atom is 0.237 e. The minimum Gasteiger partial charge on any atom is -0.474 e. The van der Waals surface area contributed by atoms with Crippen molar-refractivity contribution in [2.45, 2.75) is 44.9 Å². The first kappa shape index (κ1) is 20.1. The topological polar surface area (TPSA) is 89.6 Å². The van der Waals surface area contributed by atoms with Gasteiger partial charge in [0, 0.05) is 31.7 Å². The molecule has 4 aliphatic rings. The SMILES string of the molecule is COCCOc1ncccc1NC(=O)CCNC(=O)C12CC3CC(CC(C3)C1)C2. The average molecular weight is 402 g/mol. The Morgan fingerprint density at radius 2 is 1.83 bits per heavy atom. The highest BCUT2D eigenvalue weighted by atomic mass is 16.5. The third-order valence-corrected chi connectivity index (χ3v) is 6.73. The zero-order valence-electron chi connectivity index (χ0n) is 17.1. The second-order valence-corrected chi connectivity index (χ2v) is 8.95. The molecule has 29 heavy (non-hydrogen) atoms. The van der Waals surface area contributed by atoms with Crippen molar-refractivity contribution in [3.05, 3.63) is 18.3 Å². The van der Waals surface area contributed by atoms with E-state index in [0.29, 0.717) is 31.3 Å². The molecule has 0 saturated heterocycles. The minimum absolute atomic E-state index is 0.161. The molecule has 0 atom stereocenters.